The predicted octanol–water partition coefficient (Wildman–Crippen LogP) is 4.10. The lowest BCUT2D eigenvalue weighted by molar-refractivity contribution is 0.102. The van der Waals surface area contributed by atoms with Crippen molar-refractivity contribution in [3.05, 3.63) is 101 Å². The molecule has 1 aromatic heterocycles. The third-order valence-corrected chi connectivity index (χ3v) is 6.00. The number of nitrogens with one attached hydrogen (secondary N) is 2. The molecule has 4 rings (SSSR count). The van der Waals surface area contributed by atoms with Crippen molar-refractivity contribution >= 4 is 32.6 Å². The lowest BCUT2D eigenvalue weighted by atomic mass is 10.1. The maximum atomic E-state index is 13.0. The highest BCUT2D eigenvalue weighted by molar-refractivity contribution is 7.89. The molecule has 0 saturated carbocycles. The van der Waals surface area contributed by atoms with Crippen molar-refractivity contribution < 1.29 is 17.6 Å². The van der Waals surface area contributed by atoms with Crippen LogP contribution in [0, 0.1) is 13.8 Å². The number of carbonyl (C=O) groups is 1. The Morgan fingerprint density at radius 3 is 2.38 bits per heavy atom. The standard InChI is InChI=1S/C24H21N3O4S/c1-16-10-12-20(13-11-16)32(29,30)27-26-24-21(15-18-7-3-4-9-22(18)31-24)23(28)25-19-8-5-6-17(2)14-19/h3-15,27H,1-2H3,(H,25,28). The van der Waals surface area contributed by atoms with E-state index < -0.39 is 15.9 Å². The van der Waals surface area contributed by atoms with Gasteiger partial charge >= 0.3 is 0 Å². The van der Waals surface area contributed by atoms with Crippen molar-refractivity contribution in [3.8, 4) is 0 Å². The van der Waals surface area contributed by atoms with Gasteiger partial charge in [-0.3, -0.25) is 4.79 Å². The summed E-state index contributed by atoms with van der Waals surface area (Å²) in [6, 6.07) is 22.4. The van der Waals surface area contributed by atoms with E-state index in [1.165, 1.54) is 12.1 Å². The fraction of sp³-hybridized carbons (Fsp3) is 0.0833. The Morgan fingerprint density at radius 2 is 1.62 bits per heavy atom. The number of benzene rings is 3. The van der Waals surface area contributed by atoms with Crippen LogP contribution in [0.15, 0.2) is 93.3 Å². The van der Waals surface area contributed by atoms with Gasteiger partial charge in [0.2, 0.25) is 5.55 Å². The molecule has 0 aliphatic carbocycles. The monoisotopic (exact) mass is 447 g/mol. The fourth-order valence-corrected chi connectivity index (χ4v) is 3.91. The van der Waals surface area contributed by atoms with E-state index in [4.69, 9.17) is 4.42 Å². The topological polar surface area (TPSA) is 101 Å². The molecule has 3 aromatic carbocycles. The van der Waals surface area contributed by atoms with Crippen molar-refractivity contribution in [2.45, 2.75) is 18.7 Å². The van der Waals surface area contributed by atoms with E-state index in [-0.39, 0.29) is 16.0 Å². The van der Waals surface area contributed by atoms with Gasteiger partial charge in [-0.1, -0.05) is 48.0 Å². The molecule has 0 unspecified atom stereocenters. The van der Waals surface area contributed by atoms with Crippen molar-refractivity contribution in [2.75, 3.05) is 5.32 Å². The normalized spacial score (nSPS) is 12.0. The highest BCUT2D eigenvalue weighted by Crippen LogP contribution is 2.15. The quantitative estimate of drug-likeness (QED) is 0.450. The van der Waals surface area contributed by atoms with Gasteiger partial charge in [0.05, 0.1) is 4.90 Å². The summed E-state index contributed by atoms with van der Waals surface area (Å²) in [6.45, 7) is 3.78. The molecule has 0 atom stereocenters. The second-order valence-corrected chi connectivity index (χ2v) is 9.01. The molecular formula is C24H21N3O4S. The SMILES string of the molecule is Cc1ccc(S(=O)(=O)NN=c2oc3ccccc3cc2C(=O)Nc2cccc(C)c2)cc1. The first-order valence-corrected chi connectivity index (χ1v) is 11.3. The van der Waals surface area contributed by atoms with Crippen LogP contribution >= 0.6 is 0 Å². The molecule has 1 amide bonds. The first-order chi connectivity index (χ1) is 15.3. The molecule has 32 heavy (non-hydrogen) atoms. The summed E-state index contributed by atoms with van der Waals surface area (Å²) < 4.78 is 31.1. The number of nitrogens with zero attached hydrogens (tertiary/aromatic N) is 1. The molecule has 162 valence electrons. The highest BCUT2D eigenvalue weighted by atomic mass is 32.2. The van der Waals surface area contributed by atoms with E-state index in [0.29, 0.717) is 16.7 Å². The van der Waals surface area contributed by atoms with Gasteiger partial charge in [-0.2, -0.15) is 13.2 Å². The van der Waals surface area contributed by atoms with Gasteiger partial charge < -0.3 is 9.73 Å². The van der Waals surface area contributed by atoms with Crippen LogP contribution in [0.1, 0.15) is 21.5 Å². The fourth-order valence-electron chi connectivity index (χ4n) is 3.11. The summed E-state index contributed by atoms with van der Waals surface area (Å²) in [4.78, 5) is 15.2. The Balaban J connectivity index is 1.75. The van der Waals surface area contributed by atoms with Gasteiger partial charge in [0, 0.05) is 11.1 Å². The minimum atomic E-state index is -3.94. The lowest BCUT2D eigenvalue weighted by Gasteiger charge is -2.08. The number of fused-ring (bicyclic) bond motifs is 1. The van der Waals surface area contributed by atoms with E-state index in [2.05, 4.69) is 15.2 Å². The number of amides is 1. The molecule has 0 fully saturated rings. The van der Waals surface area contributed by atoms with Crippen molar-refractivity contribution in [1.29, 1.82) is 0 Å². The van der Waals surface area contributed by atoms with Gasteiger partial charge in [-0.05, 0) is 55.8 Å². The average molecular weight is 448 g/mol. The smallest absolute Gasteiger partial charge is 0.276 e. The molecule has 4 aromatic rings. The predicted molar refractivity (Wildman–Crippen MR) is 122 cm³/mol. The summed E-state index contributed by atoms with van der Waals surface area (Å²) in [5, 5.41) is 7.43. The Labute approximate surface area is 185 Å². The van der Waals surface area contributed by atoms with Crippen molar-refractivity contribution in [1.82, 2.24) is 4.83 Å². The number of anilines is 1. The van der Waals surface area contributed by atoms with E-state index >= 15 is 0 Å². The van der Waals surface area contributed by atoms with E-state index in [1.807, 2.05) is 38.1 Å². The maximum Gasteiger partial charge on any atom is 0.276 e. The minimum absolute atomic E-state index is 0.0541. The molecule has 0 aliphatic heterocycles. The van der Waals surface area contributed by atoms with E-state index in [9.17, 15) is 13.2 Å². The molecule has 0 bridgehead atoms. The van der Waals surface area contributed by atoms with Crippen LogP contribution in [0.5, 0.6) is 0 Å². The number of hydrogen-bond acceptors (Lipinski definition) is 5. The number of rotatable bonds is 5. The Bertz CT molecular complexity index is 1470. The maximum absolute atomic E-state index is 13.0. The molecule has 0 spiro atoms. The number of sulfonamides is 1. The third-order valence-electron chi connectivity index (χ3n) is 4.78. The van der Waals surface area contributed by atoms with Crippen LogP contribution in [0.2, 0.25) is 0 Å². The number of hydrogen-bond donors (Lipinski definition) is 2. The van der Waals surface area contributed by atoms with Crippen LogP contribution in [0.3, 0.4) is 0 Å². The summed E-state index contributed by atoms with van der Waals surface area (Å²) in [5.41, 5.74) is 2.94. The van der Waals surface area contributed by atoms with Crippen LogP contribution in [-0.4, -0.2) is 14.3 Å². The summed E-state index contributed by atoms with van der Waals surface area (Å²) >= 11 is 0. The molecule has 8 heteroatoms. The zero-order valence-corrected chi connectivity index (χ0v) is 18.3. The molecule has 7 nitrogen and oxygen atoms in total. The first kappa shape index (κ1) is 21.3. The van der Waals surface area contributed by atoms with Gasteiger partial charge in [0.15, 0.2) is 0 Å². The third kappa shape index (κ3) is 4.70. The Kier molecular flexibility index (Phi) is 5.79. The molecular weight excluding hydrogens is 426 g/mol. The second kappa shape index (κ2) is 8.68. The van der Waals surface area contributed by atoms with Gasteiger partial charge in [0.25, 0.3) is 15.9 Å². The zero-order chi connectivity index (χ0) is 22.7. The molecule has 2 N–H and O–H groups in total. The summed E-state index contributed by atoms with van der Waals surface area (Å²) in [6.07, 6.45) is 0. The van der Waals surface area contributed by atoms with Crippen LogP contribution < -0.4 is 15.7 Å². The number of aryl methyl sites for hydroxylation is 2. The second-order valence-electron chi connectivity index (χ2n) is 7.35. The summed E-state index contributed by atoms with van der Waals surface area (Å²) in [5.74, 6) is -0.474. The van der Waals surface area contributed by atoms with E-state index in [1.54, 1.807) is 42.5 Å². The first-order valence-electron chi connectivity index (χ1n) is 9.85. The van der Waals surface area contributed by atoms with Gasteiger partial charge in [0.1, 0.15) is 11.1 Å². The van der Waals surface area contributed by atoms with E-state index in [0.717, 1.165) is 11.1 Å². The highest BCUT2D eigenvalue weighted by Gasteiger charge is 2.16. The molecule has 0 saturated heterocycles. The molecule has 0 radical (unpaired) electrons. The molecule has 1 heterocycles. The Morgan fingerprint density at radius 1 is 0.875 bits per heavy atom. The number of carbonyl (C=O) groups excluding carboxylic acids is 1. The average Bonchev–Trinajstić information content (AvgIpc) is 2.77. The zero-order valence-electron chi connectivity index (χ0n) is 17.5. The molecule has 0 aliphatic rings. The van der Waals surface area contributed by atoms with Crippen LogP contribution in [-0.2, 0) is 10.0 Å². The largest absolute Gasteiger partial charge is 0.436 e. The number of para-hydroxylation sites is 1. The summed E-state index contributed by atoms with van der Waals surface area (Å²) in [7, 11) is -3.94. The van der Waals surface area contributed by atoms with Crippen LogP contribution in [0.4, 0.5) is 5.69 Å². The van der Waals surface area contributed by atoms with Crippen LogP contribution in [0.25, 0.3) is 11.0 Å². The van der Waals surface area contributed by atoms with Gasteiger partial charge in [-0.25, -0.2) is 0 Å². The van der Waals surface area contributed by atoms with Gasteiger partial charge in [-0.15, -0.1) is 5.10 Å². The van der Waals surface area contributed by atoms with Crippen molar-refractivity contribution in [2.24, 2.45) is 5.10 Å². The minimum Gasteiger partial charge on any atom is -0.436 e. The lowest BCUT2D eigenvalue weighted by Crippen LogP contribution is -2.27. The Hall–Kier alpha value is -3.91. The van der Waals surface area contributed by atoms with Crippen molar-refractivity contribution in [3.63, 3.8) is 0 Å².